The number of carbonyl (C=O) groups excluding carboxylic acids is 2. The number of aromatic nitrogens is 1. The molecule has 1 fully saturated rings. The highest BCUT2D eigenvalue weighted by molar-refractivity contribution is 6.14. The van der Waals surface area contributed by atoms with Crippen LogP contribution in [0, 0.1) is 0 Å². The lowest BCUT2D eigenvalue weighted by atomic mass is 9.99. The minimum absolute atomic E-state index is 0.0310. The Hall–Kier alpha value is -3.23. The van der Waals surface area contributed by atoms with Crippen LogP contribution in [0.2, 0.25) is 0 Å². The van der Waals surface area contributed by atoms with Gasteiger partial charge in [-0.3, -0.25) is 19.5 Å². The molecule has 8 heteroatoms. The van der Waals surface area contributed by atoms with E-state index in [-0.39, 0.29) is 5.57 Å². The summed E-state index contributed by atoms with van der Waals surface area (Å²) in [6.45, 7) is 3.86. The Morgan fingerprint density at radius 3 is 2.73 bits per heavy atom. The number of rotatable bonds is 7. The van der Waals surface area contributed by atoms with Crippen molar-refractivity contribution in [1.29, 1.82) is 0 Å². The van der Waals surface area contributed by atoms with E-state index in [1.807, 2.05) is 0 Å². The average molecular weight is 409 g/mol. The van der Waals surface area contributed by atoms with E-state index in [1.165, 1.54) is 23.3 Å². The molecule has 156 valence electrons. The lowest BCUT2D eigenvalue weighted by Crippen LogP contribution is -2.43. The molecule has 1 saturated heterocycles. The van der Waals surface area contributed by atoms with E-state index in [9.17, 15) is 14.7 Å². The Kier molecular flexibility index (Phi) is 6.06. The van der Waals surface area contributed by atoms with E-state index >= 15 is 0 Å². The first-order valence-corrected chi connectivity index (χ1v) is 9.86. The van der Waals surface area contributed by atoms with Crippen molar-refractivity contribution in [1.82, 2.24) is 14.8 Å². The van der Waals surface area contributed by atoms with Gasteiger partial charge in [-0.2, -0.15) is 0 Å². The zero-order chi connectivity index (χ0) is 20.9. The third-order valence-corrected chi connectivity index (χ3v) is 5.24. The van der Waals surface area contributed by atoms with Gasteiger partial charge in [-0.15, -0.1) is 0 Å². The molecule has 2 aromatic rings. The van der Waals surface area contributed by atoms with Crippen LogP contribution in [0.4, 0.5) is 0 Å². The minimum Gasteiger partial charge on any atom is -0.503 e. The summed E-state index contributed by atoms with van der Waals surface area (Å²) in [5, 5.41) is 10.6. The van der Waals surface area contributed by atoms with Crippen molar-refractivity contribution in [2.45, 2.75) is 6.04 Å². The summed E-state index contributed by atoms with van der Waals surface area (Å²) in [5.74, 6) is -1.04. The molecule has 4 heterocycles. The summed E-state index contributed by atoms with van der Waals surface area (Å²) in [4.78, 5) is 33.9. The standard InChI is InChI=1S/C22H23N3O5/c26-18(7-6-16-4-3-13-30-16)19-20(17-5-1-2-8-23-17)25(22(28)21(19)27)10-9-24-11-14-29-15-12-24/h1-8,13,20,27H,9-12,14-15H2/b7-6+. The van der Waals surface area contributed by atoms with Crippen LogP contribution >= 0.6 is 0 Å². The number of furan rings is 1. The van der Waals surface area contributed by atoms with E-state index in [4.69, 9.17) is 9.15 Å². The molecule has 0 radical (unpaired) electrons. The number of aliphatic hydroxyl groups excluding tert-OH is 1. The van der Waals surface area contributed by atoms with Gasteiger partial charge in [0.1, 0.15) is 11.8 Å². The van der Waals surface area contributed by atoms with E-state index in [1.54, 1.807) is 36.5 Å². The van der Waals surface area contributed by atoms with Crippen molar-refractivity contribution < 1.29 is 23.8 Å². The van der Waals surface area contributed by atoms with Crippen molar-refractivity contribution in [3.8, 4) is 0 Å². The fourth-order valence-corrected chi connectivity index (χ4v) is 3.69. The zero-order valence-electron chi connectivity index (χ0n) is 16.4. The van der Waals surface area contributed by atoms with Crippen LogP contribution < -0.4 is 0 Å². The quantitative estimate of drug-likeness (QED) is 0.699. The number of pyridine rings is 1. The van der Waals surface area contributed by atoms with Crippen molar-refractivity contribution in [2.75, 3.05) is 39.4 Å². The molecular weight excluding hydrogens is 386 g/mol. The van der Waals surface area contributed by atoms with Crippen molar-refractivity contribution in [2.24, 2.45) is 0 Å². The van der Waals surface area contributed by atoms with Crippen LogP contribution in [0.25, 0.3) is 6.08 Å². The first kappa shape index (κ1) is 20.1. The predicted molar refractivity (Wildman–Crippen MR) is 108 cm³/mol. The highest BCUT2D eigenvalue weighted by Crippen LogP contribution is 2.36. The second kappa shape index (κ2) is 9.06. The Morgan fingerprint density at radius 2 is 2.03 bits per heavy atom. The number of ether oxygens (including phenoxy) is 1. The second-order valence-corrected chi connectivity index (χ2v) is 7.08. The number of carbonyl (C=O) groups is 2. The predicted octanol–water partition coefficient (Wildman–Crippen LogP) is 1.98. The Morgan fingerprint density at radius 1 is 1.20 bits per heavy atom. The molecule has 1 N–H and O–H groups in total. The summed E-state index contributed by atoms with van der Waals surface area (Å²) in [6.07, 6.45) is 5.93. The molecule has 2 aliphatic heterocycles. The monoisotopic (exact) mass is 409 g/mol. The van der Waals surface area contributed by atoms with Crippen molar-refractivity contribution in [3.05, 3.63) is 71.7 Å². The smallest absolute Gasteiger partial charge is 0.290 e. The molecule has 30 heavy (non-hydrogen) atoms. The van der Waals surface area contributed by atoms with Crippen LogP contribution in [-0.2, 0) is 14.3 Å². The van der Waals surface area contributed by atoms with E-state index in [0.717, 1.165) is 13.1 Å². The molecule has 0 spiro atoms. The van der Waals surface area contributed by atoms with E-state index in [0.29, 0.717) is 37.8 Å². The first-order valence-electron chi connectivity index (χ1n) is 9.86. The van der Waals surface area contributed by atoms with Crippen molar-refractivity contribution >= 4 is 17.8 Å². The molecule has 2 aliphatic rings. The van der Waals surface area contributed by atoms with E-state index < -0.39 is 23.5 Å². The molecule has 1 unspecified atom stereocenters. The topological polar surface area (TPSA) is 96.1 Å². The SMILES string of the molecule is O=C(/C=C/c1ccco1)C1=C(O)C(=O)N(CCN2CCOCC2)C1c1ccccn1. The lowest BCUT2D eigenvalue weighted by Gasteiger charge is -2.31. The highest BCUT2D eigenvalue weighted by Gasteiger charge is 2.43. The molecule has 0 aromatic carbocycles. The number of hydrogen-bond acceptors (Lipinski definition) is 7. The molecule has 1 amide bonds. The van der Waals surface area contributed by atoms with Gasteiger partial charge < -0.3 is 19.2 Å². The van der Waals surface area contributed by atoms with Crippen LogP contribution in [0.1, 0.15) is 17.5 Å². The van der Waals surface area contributed by atoms with Crippen LogP contribution in [-0.4, -0.2) is 71.0 Å². The summed E-state index contributed by atoms with van der Waals surface area (Å²) in [7, 11) is 0. The van der Waals surface area contributed by atoms with Gasteiger partial charge in [0, 0.05) is 32.4 Å². The lowest BCUT2D eigenvalue weighted by molar-refractivity contribution is -0.129. The molecule has 0 aliphatic carbocycles. The molecule has 4 rings (SSSR count). The van der Waals surface area contributed by atoms with Gasteiger partial charge in [0.2, 0.25) is 0 Å². The van der Waals surface area contributed by atoms with Crippen LogP contribution in [0.3, 0.4) is 0 Å². The molecular formula is C22H23N3O5. The first-order chi connectivity index (χ1) is 14.6. The fraction of sp³-hybridized carbons (Fsp3) is 0.318. The van der Waals surface area contributed by atoms with Crippen LogP contribution in [0.15, 0.2) is 64.6 Å². The Bertz CT molecular complexity index is 946. The Labute approximate surface area is 174 Å². The van der Waals surface area contributed by atoms with Gasteiger partial charge >= 0.3 is 0 Å². The number of morpholine rings is 1. The normalized spacial score (nSPS) is 20.5. The van der Waals surface area contributed by atoms with Gasteiger partial charge in [0.25, 0.3) is 5.91 Å². The fourth-order valence-electron chi connectivity index (χ4n) is 3.69. The summed E-state index contributed by atoms with van der Waals surface area (Å²) in [5.41, 5.74) is 0.565. The van der Waals surface area contributed by atoms with E-state index in [2.05, 4.69) is 9.88 Å². The number of hydrogen-bond donors (Lipinski definition) is 1. The van der Waals surface area contributed by atoms with Crippen molar-refractivity contribution in [3.63, 3.8) is 0 Å². The zero-order valence-corrected chi connectivity index (χ0v) is 16.4. The van der Waals surface area contributed by atoms with Gasteiger partial charge in [-0.05, 0) is 36.4 Å². The van der Waals surface area contributed by atoms with Gasteiger partial charge in [0.15, 0.2) is 11.5 Å². The average Bonchev–Trinajstić information content (AvgIpc) is 3.39. The number of allylic oxidation sites excluding steroid dienone is 1. The maximum Gasteiger partial charge on any atom is 0.290 e. The van der Waals surface area contributed by atoms with Gasteiger partial charge in [0.05, 0.1) is 30.7 Å². The molecule has 1 atom stereocenters. The number of ketones is 1. The Balaban J connectivity index is 1.59. The molecule has 0 bridgehead atoms. The maximum atomic E-state index is 13.0. The number of amides is 1. The minimum atomic E-state index is -0.742. The number of aliphatic hydroxyl groups is 1. The van der Waals surface area contributed by atoms with Gasteiger partial charge in [-0.25, -0.2) is 0 Å². The molecule has 2 aromatic heterocycles. The summed E-state index contributed by atoms with van der Waals surface area (Å²) >= 11 is 0. The van der Waals surface area contributed by atoms with Crippen LogP contribution in [0.5, 0.6) is 0 Å². The van der Waals surface area contributed by atoms with Gasteiger partial charge in [-0.1, -0.05) is 6.07 Å². The third-order valence-electron chi connectivity index (χ3n) is 5.24. The highest BCUT2D eigenvalue weighted by atomic mass is 16.5. The summed E-state index contributed by atoms with van der Waals surface area (Å²) in [6, 6.07) is 7.99. The largest absolute Gasteiger partial charge is 0.503 e. The summed E-state index contributed by atoms with van der Waals surface area (Å²) < 4.78 is 10.6. The number of nitrogens with zero attached hydrogens (tertiary/aromatic N) is 3. The second-order valence-electron chi connectivity index (χ2n) is 7.08. The third kappa shape index (κ3) is 4.19. The maximum absolute atomic E-state index is 13.0. The molecule has 8 nitrogen and oxygen atoms in total. The molecule has 0 saturated carbocycles.